The van der Waals surface area contributed by atoms with E-state index in [1.807, 2.05) is 7.05 Å². The van der Waals surface area contributed by atoms with E-state index in [1.54, 1.807) is 11.3 Å². The number of unbranched alkanes of at least 4 members (excludes halogenated alkanes) is 1. The molecule has 0 spiro atoms. The molecule has 4 nitrogen and oxygen atoms in total. The van der Waals surface area contributed by atoms with Gasteiger partial charge >= 0.3 is 0 Å². The standard InChI is InChI=1S/C14H26N4S/c1-4-5-9-18(3)10-8-16-14(15-2)17-12-13-7-6-11-19-13/h6-7,11H,4-5,8-10,12H2,1-3H3,(H2,15,16,17). The molecule has 19 heavy (non-hydrogen) atoms. The molecule has 0 aliphatic heterocycles. The Balaban J connectivity index is 2.15. The van der Waals surface area contributed by atoms with E-state index in [-0.39, 0.29) is 0 Å². The lowest BCUT2D eigenvalue weighted by Crippen LogP contribution is -2.40. The lowest BCUT2D eigenvalue weighted by molar-refractivity contribution is 0.332. The van der Waals surface area contributed by atoms with Gasteiger partial charge in [-0.3, -0.25) is 4.99 Å². The van der Waals surface area contributed by atoms with E-state index in [9.17, 15) is 0 Å². The van der Waals surface area contributed by atoms with E-state index in [1.165, 1.54) is 24.3 Å². The maximum Gasteiger partial charge on any atom is 0.191 e. The van der Waals surface area contributed by atoms with Crippen LogP contribution in [0.2, 0.25) is 0 Å². The lowest BCUT2D eigenvalue weighted by atomic mass is 10.3. The van der Waals surface area contributed by atoms with Crippen LogP contribution in [0.4, 0.5) is 0 Å². The zero-order chi connectivity index (χ0) is 13.9. The minimum atomic E-state index is 0.836. The summed E-state index contributed by atoms with van der Waals surface area (Å²) in [4.78, 5) is 7.90. The van der Waals surface area contributed by atoms with E-state index in [2.05, 4.69) is 52.0 Å². The molecule has 0 aliphatic rings. The van der Waals surface area contributed by atoms with Crippen LogP contribution in [0.3, 0.4) is 0 Å². The molecule has 0 atom stereocenters. The molecule has 1 rings (SSSR count). The van der Waals surface area contributed by atoms with E-state index in [0.29, 0.717) is 0 Å². The van der Waals surface area contributed by atoms with Crippen LogP contribution in [0.5, 0.6) is 0 Å². The molecule has 108 valence electrons. The molecule has 0 saturated heterocycles. The summed E-state index contributed by atoms with van der Waals surface area (Å²) in [6.07, 6.45) is 2.52. The molecule has 0 amide bonds. The zero-order valence-electron chi connectivity index (χ0n) is 12.3. The van der Waals surface area contributed by atoms with Crippen molar-refractivity contribution in [3.05, 3.63) is 22.4 Å². The molecular formula is C14H26N4S. The first-order valence-corrected chi connectivity index (χ1v) is 7.79. The summed E-state index contributed by atoms with van der Waals surface area (Å²) in [6, 6.07) is 4.20. The smallest absolute Gasteiger partial charge is 0.191 e. The Morgan fingerprint density at radius 3 is 2.84 bits per heavy atom. The molecule has 0 bridgehead atoms. The third-order valence-electron chi connectivity index (χ3n) is 2.91. The van der Waals surface area contributed by atoms with Crippen LogP contribution in [0.15, 0.2) is 22.5 Å². The van der Waals surface area contributed by atoms with Crippen molar-refractivity contribution in [3.63, 3.8) is 0 Å². The average Bonchev–Trinajstić information content (AvgIpc) is 2.93. The number of hydrogen-bond acceptors (Lipinski definition) is 3. The molecule has 0 aromatic carbocycles. The Morgan fingerprint density at radius 2 is 2.21 bits per heavy atom. The SMILES string of the molecule is CCCCN(C)CCNC(=NC)NCc1cccs1. The topological polar surface area (TPSA) is 39.7 Å². The normalized spacial score (nSPS) is 11.9. The second-order valence-electron chi connectivity index (χ2n) is 4.59. The minimum Gasteiger partial charge on any atom is -0.355 e. The summed E-state index contributed by atoms with van der Waals surface area (Å²) < 4.78 is 0. The van der Waals surface area contributed by atoms with Crippen LogP contribution >= 0.6 is 11.3 Å². The van der Waals surface area contributed by atoms with Crippen LogP contribution in [0.1, 0.15) is 24.6 Å². The number of aliphatic imine (C=N–C) groups is 1. The first kappa shape index (κ1) is 16.0. The summed E-state index contributed by atoms with van der Waals surface area (Å²) in [5.41, 5.74) is 0. The average molecular weight is 282 g/mol. The van der Waals surface area contributed by atoms with Gasteiger partial charge in [0.1, 0.15) is 0 Å². The zero-order valence-corrected chi connectivity index (χ0v) is 13.1. The molecule has 1 aromatic rings. The Hall–Kier alpha value is -1.07. The Labute approximate surface area is 120 Å². The lowest BCUT2D eigenvalue weighted by Gasteiger charge is -2.17. The van der Waals surface area contributed by atoms with Crippen molar-refractivity contribution < 1.29 is 0 Å². The van der Waals surface area contributed by atoms with Gasteiger partial charge in [0.2, 0.25) is 0 Å². The van der Waals surface area contributed by atoms with Gasteiger partial charge in [-0.15, -0.1) is 11.3 Å². The van der Waals surface area contributed by atoms with E-state index >= 15 is 0 Å². The van der Waals surface area contributed by atoms with Crippen molar-refractivity contribution in [2.75, 3.05) is 33.7 Å². The van der Waals surface area contributed by atoms with E-state index < -0.39 is 0 Å². The van der Waals surface area contributed by atoms with Gasteiger partial charge in [0.05, 0.1) is 6.54 Å². The van der Waals surface area contributed by atoms with Gasteiger partial charge in [0.25, 0.3) is 0 Å². The van der Waals surface area contributed by atoms with E-state index in [0.717, 1.165) is 25.6 Å². The quantitative estimate of drug-likeness (QED) is 0.567. The number of guanidine groups is 1. The number of thiophene rings is 1. The predicted octanol–water partition coefficient (Wildman–Crippen LogP) is 2.15. The highest BCUT2D eigenvalue weighted by Crippen LogP contribution is 2.06. The highest BCUT2D eigenvalue weighted by atomic mass is 32.1. The molecule has 0 radical (unpaired) electrons. The monoisotopic (exact) mass is 282 g/mol. The summed E-state index contributed by atoms with van der Waals surface area (Å²) in [7, 11) is 3.98. The number of nitrogens with zero attached hydrogens (tertiary/aromatic N) is 2. The first-order chi connectivity index (χ1) is 9.26. The highest BCUT2D eigenvalue weighted by molar-refractivity contribution is 7.09. The van der Waals surface area contributed by atoms with Crippen molar-refractivity contribution in [2.24, 2.45) is 4.99 Å². The van der Waals surface area contributed by atoms with E-state index in [4.69, 9.17) is 0 Å². The van der Waals surface area contributed by atoms with Crippen LogP contribution in [-0.4, -0.2) is 44.6 Å². The summed E-state index contributed by atoms with van der Waals surface area (Å²) in [6.45, 7) is 6.19. The van der Waals surface area contributed by atoms with Crippen molar-refractivity contribution in [2.45, 2.75) is 26.3 Å². The molecular weight excluding hydrogens is 256 g/mol. The molecule has 0 fully saturated rings. The fourth-order valence-electron chi connectivity index (χ4n) is 1.71. The number of likely N-dealkylation sites (N-methyl/N-ethyl adjacent to an activating group) is 1. The molecule has 5 heteroatoms. The van der Waals surface area contributed by atoms with Crippen LogP contribution in [-0.2, 0) is 6.54 Å². The Bertz CT molecular complexity index is 348. The molecule has 2 N–H and O–H groups in total. The summed E-state index contributed by atoms with van der Waals surface area (Å²) in [5.74, 6) is 0.872. The van der Waals surface area contributed by atoms with Gasteiger partial charge in [-0.1, -0.05) is 19.4 Å². The number of hydrogen-bond donors (Lipinski definition) is 2. The van der Waals surface area contributed by atoms with Crippen LogP contribution < -0.4 is 10.6 Å². The molecule has 0 aliphatic carbocycles. The van der Waals surface area contributed by atoms with Crippen LogP contribution in [0.25, 0.3) is 0 Å². The second kappa shape index (κ2) is 9.81. The molecule has 0 unspecified atom stereocenters. The second-order valence-corrected chi connectivity index (χ2v) is 5.62. The highest BCUT2D eigenvalue weighted by Gasteiger charge is 2.00. The Kier molecular flexibility index (Phi) is 8.25. The van der Waals surface area contributed by atoms with Gasteiger partial charge in [-0.05, 0) is 31.5 Å². The maximum atomic E-state index is 4.23. The summed E-state index contributed by atoms with van der Waals surface area (Å²) in [5, 5.41) is 8.75. The molecule has 0 saturated carbocycles. The minimum absolute atomic E-state index is 0.836. The van der Waals surface area contributed by atoms with Gasteiger partial charge in [-0.25, -0.2) is 0 Å². The number of nitrogens with one attached hydrogen (secondary N) is 2. The first-order valence-electron chi connectivity index (χ1n) is 6.91. The number of rotatable bonds is 8. The van der Waals surface area contributed by atoms with Crippen molar-refractivity contribution in [1.29, 1.82) is 0 Å². The van der Waals surface area contributed by atoms with Gasteiger partial charge < -0.3 is 15.5 Å². The van der Waals surface area contributed by atoms with Crippen LogP contribution in [0, 0.1) is 0 Å². The predicted molar refractivity (Wildman–Crippen MR) is 84.9 cm³/mol. The van der Waals surface area contributed by atoms with Gasteiger partial charge in [-0.2, -0.15) is 0 Å². The van der Waals surface area contributed by atoms with Gasteiger partial charge in [0.15, 0.2) is 5.96 Å². The fraction of sp³-hybridized carbons (Fsp3) is 0.643. The summed E-state index contributed by atoms with van der Waals surface area (Å²) >= 11 is 1.76. The molecule has 1 heterocycles. The third-order valence-corrected chi connectivity index (χ3v) is 3.79. The van der Waals surface area contributed by atoms with Crippen molar-refractivity contribution in [3.8, 4) is 0 Å². The molecule has 1 aromatic heterocycles. The van der Waals surface area contributed by atoms with Gasteiger partial charge in [0, 0.05) is 25.0 Å². The van der Waals surface area contributed by atoms with Crippen molar-refractivity contribution >= 4 is 17.3 Å². The largest absolute Gasteiger partial charge is 0.355 e. The Morgan fingerprint density at radius 1 is 1.37 bits per heavy atom. The van der Waals surface area contributed by atoms with Crippen molar-refractivity contribution in [1.82, 2.24) is 15.5 Å². The maximum absolute atomic E-state index is 4.23. The fourth-order valence-corrected chi connectivity index (χ4v) is 2.35. The third kappa shape index (κ3) is 7.18.